The summed E-state index contributed by atoms with van der Waals surface area (Å²) in [5.74, 6) is -0.447. The molecule has 1 aromatic carbocycles. The third-order valence-corrected chi connectivity index (χ3v) is 3.92. The van der Waals surface area contributed by atoms with Crippen LogP contribution in [0.1, 0.15) is 27.3 Å². The van der Waals surface area contributed by atoms with Crippen molar-refractivity contribution >= 4 is 28.5 Å². The fourth-order valence-corrected chi connectivity index (χ4v) is 2.79. The van der Waals surface area contributed by atoms with Gasteiger partial charge in [0.25, 0.3) is 0 Å². The molecule has 0 atom stereocenters. The van der Waals surface area contributed by atoms with Crippen molar-refractivity contribution in [3.05, 3.63) is 70.1 Å². The molecule has 6 heteroatoms. The molecule has 2 aromatic heterocycles. The Kier molecular flexibility index (Phi) is 4.92. The molecule has 0 bridgehead atoms. The lowest BCUT2D eigenvalue weighted by molar-refractivity contribution is 0.0600. The van der Waals surface area contributed by atoms with Gasteiger partial charge in [-0.25, -0.2) is 4.79 Å². The Morgan fingerprint density at radius 2 is 2.04 bits per heavy atom. The van der Waals surface area contributed by atoms with Gasteiger partial charge in [0, 0.05) is 23.7 Å². The number of nitriles is 1. The number of methoxy groups -OCH3 is 1. The van der Waals surface area contributed by atoms with Crippen LogP contribution in [0.15, 0.2) is 42.6 Å². The number of carbonyl (C=O) groups excluding carboxylic acids is 1. The average molecular weight is 352 g/mol. The molecule has 0 aliphatic rings. The van der Waals surface area contributed by atoms with Gasteiger partial charge in [0.1, 0.15) is 0 Å². The lowest BCUT2D eigenvalue weighted by Crippen LogP contribution is -2.06. The zero-order chi connectivity index (χ0) is 17.8. The molecule has 0 radical (unpaired) electrons. The molecule has 3 rings (SSSR count). The smallest absolute Gasteiger partial charge is 0.337 e. The van der Waals surface area contributed by atoms with Crippen LogP contribution < -0.4 is 0 Å². The molecule has 0 aliphatic heterocycles. The highest BCUT2D eigenvalue weighted by Gasteiger charge is 2.11. The van der Waals surface area contributed by atoms with Crippen molar-refractivity contribution in [2.45, 2.75) is 12.8 Å². The molecule has 25 heavy (non-hydrogen) atoms. The van der Waals surface area contributed by atoms with Gasteiger partial charge in [-0.3, -0.25) is 9.97 Å². The summed E-state index contributed by atoms with van der Waals surface area (Å²) in [6, 6.07) is 13.0. The van der Waals surface area contributed by atoms with Crippen molar-refractivity contribution in [1.29, 1.82) is 5.26 Å². The van der Waals surface area contributed by atoms with Gasteiger partial charge in [0.2, 0.25) is 0 Å². The van der Waals surface area contributed by atoms with Gasteiger partial charge in [0.05, 0.1) is 41.4 Å². The third-order valence-electron chi connectivity index (χ3n) is 3.71. The molecule has 0 fully saturated rings. The average Bonchev–Trinajstić information content (AvgIpc) is 2.60. The number of pyridine rings is 2. The topological polar surface area (TPSA) is 75.9 Å². The zero-order valence-corrected chi connectivity index (χ0v) is 14.2. The summed E-state index contributed by atoms with van der Waals surface area (Å²) < 4.78 is 4.77. The first-order valence-corrected chi connectivity index (χ1v) is 7.96. The van der Waals surface area contributed by atoms with E-state index in [0.717, 1.165) is 16.5 Å². The maximum Gasteiger partial charge on any atom is 0.337 e. The van der Waals surface area contributed by atoms with E-state index in [-0.39, 0.29) is 6.42 Å². The maximum absolute atomic E-state index is 11.8. The summed E-state index contributed by atoms with van der Waals surface area (Å²) in [5.41, 5.74) is 3.50. The number of halogens is 1. The van der Waals surface area contributed by atoms with E-state index in [4.69, 9.17) is 21.6 Å². The zero-order valence-electron chi connectivity index (χ0n) is 13.5. The van der Waals surface area contributed by atoms with Crippen LogP contribution in [0.25, 0.3) is 10.9 Å². The molecule has 5 nitrogen and oxygen atoms in total. The summed E-state index contributed by atoms with van der Waals surface area (Å²) in [6.45, 7) is 0. The van der Waals surface area contributed by atoms with Crippen LogP contribution in [-0.2, 0) is 17.6 Å². The van der Waals surface area contributed by atoms with E-state index in [1.807, 2.05) is 24.3 Å². The number of nitrogens with zero attached hydrogens (tertiary/aromatic N) is 3. The number of hydrogen-bond donors (Lipinski definition) is 0. The third kappa shape index (κ3) is 3.93. The van der Waals surface area contributed by atoms with Gasteiger partial charge < -0.3 is 4.74 Å². The number of benzene rings is 1. The van der Waals surface area contributed by atoms with Gasteiger partial charge in [-0.15, -0.1) is 0 Å². The van der Waals surface area contributed by atoms with Crippen molar-refractivity contribution in [3.63, 3.8) is 0 Å². The van der Waals surface area contributed by atoms with E-state index >= 15 is 0 Å². The lowest BCUT2D eigenvalue weighted by atomic mass is 10.0. The maximum atomic E-state index is 11.8. The SMILES string of the molecule is COC(=O)c1cc(CC#N)nc(Cc2ccc3ncc(Cl)cc3c2)c1. The molecule has 0 aliphatic carbocycles. The standard InChI is InChI=1S/C19H14ClN3O2/c1-25-19(24)14-9-16(4-5-21)23-17(10-14)7-12-2-3-18-13(6-12)8-15(20)11-22-18/h2-3,6,8-11H,4,7H2,1H3. The Hall–Kier alpha value is -2.97. The molecule has 0 spiro atoms. The van der Waals surface area contributed by atoms with Crippen molar-refractivity contribution in [1.82, 2.24) is 9.97 Å². The van der Waals surface area contributed by atoms with Crippen molar-refractivity contribution in [2.75, 3.05) is 7.11 Å². The predicted octanol–water partition coefficient (Wildman–Crippen LogP) is 3.73. The molecule has 3 aromatic rings. The Bertz CT molecular complexity index is 996. The van der Waals surface area contributed by atoms with Gasteiger partial charge >= 0.3 is 5.97 Å². The summed E-state index contributed by atoms with van der Waals surface area (Å²) in [7, 11) is 1.33. The van der Waals surface area contributed by atoms with E-state index in [2.05, 4.69) is 16.0 Å². The first-order chi connectivity index (χ1) is 12.1. The van der Waals surface area contributed by atoms with Gasteiger partial charge in [0.15, 0.2) is 0 Å². The normalized spacial score (nSPS) is 10.4. The van der Waals surface area contributed by atoms with E-state index < -0.39 is 5.97 Å². The molecular formula is C19H14ClN3O2. The van der Waals surface area contributed by atoms with Crippen LogP contribution in [0.3, 0.4) is 0 Å². The number of hydrogen-bond acceptors (Lipinski definition) is 5. The van der Waals surface area contributed by atoms with E-state index in [1.165, 1.54) is 7.11 Å². The minimum absolute atomic E-state index is 0.134. The number of aromatic nitrogens is 2. The molecule has 124 valence electrons. The van der Waals surface area contributed by atoms with Crippen molar-refractivity contribution < 1.29 is 9.53 Å². The highest BCUT2D eigenvalue weighted by Crippen LogP contribution is 2.20. The molecule has 0 N–H and O–H groups in total. The Balaban J connectivity index is 1.97. The molecule has 0 saturated heterocycles. The quantitative estimate of drug-likeness (QED) is 0.669. The number of ether oxygens (including phenoxy) is 1. The monoisotopic (exact) mass is 351 g/mol. The van der Waals surface area contributed by atoms with Gasteiger partial charge in [-0.1, -0.05) is 17.7 Å². The van der Waals surface area contributed by atoms with Gasteiger partial charge in [-0.05, 0) is 35.9 Å². The fraction of sp³-hybridized carbons (Fsp3) is 0.158. The highest BCUT2D eigenvalue weighted by molar-refractivity contribution is 6.31. The summed E-state index contributed by atoms with van der Waals surface area (Å²) in [4.78, 5) is 20.6. The van der Waals surface area contributed by atoms with E-state index in [0.29, 0.717) is 28.4 Å². The van der Waals surface area contributed by atoms with Crippen LogP contribution >= 0.6 is 11.6 Å². The van der Waals surface area contributed by atoms with E-state index in [9.17, 15) is 4.79 Å². The Morgan fingerprint density at radius 1 is 1.24 bits per heavy atom. The number of rotatable bonds is 4. The molecule has 2 heterocycles. The summed E-state index contributed by atoms with van der Waals surface area (Å²) >= 11 is 6.00. The van der Waals surface area contributed by atoms with Gasteiger partial charge in [-0.2, -0.15) is 5.26 Å². The largest absolute Gasteiger partial charge is 0.465 e. The Labute approximate surface area is 149 Å². The molecule has 0 saturated carbocycles. The van der Waals surface area contributed by atoms with E-state index in [1.54, 1.807) is 18.3 Å². The fourth-order valence-electron chi connectivity index (χ4n) is 2.62. The Morgan fingerprint density at radius 3 is 2.80 bits per heavy atom. The second-order valence-corrected chi connectivity index (χ2v) is 5.96. The molecular weight excluding hydrogens is 338 g/mol. The number of esters is 1. The van der Waals surface area contributed by atoms with Crippen LogP contribution in [-0.4, -0.2) is 23.0 Å². The van der Waals surface area contributed by atoms with Crippen LogP contribution in [0, 0.1) is 11.3 Å². The van der Waals surface area contributed by atoms with Crippen LogP contribution in [0.5, 0.6) is 0 Å². The van der Waals surface area contributed by atoms with Crippen molar-refractivity contribution in [2.24, 2.45) is 0 Å². The first kappa shape index (κ1) is 16.9. The second kappa shape index (κ2) is 7.29. The molecule has 0 amide bonds. The number of carbonyl (C=O) groups is 1. The first-order valence-electron chi connectivity index (χ1n) is 7.58. The summed E-state index contributed by atoms with van der Waals surface area (Å²) in [5, 5.41) is 10.4. The van der Waals surface area contributed by atoms with Crippen LogP contribution in [0.2, 0.25) is 5.02 Å². The minimum Gasteiger partial charge on any atom is -0.465 e. The predicted molar refractivity (Wildman–Crippen MR) is 94.5 cm³/mol. The second-order valence-electron chi connectivity index (χ2n) is 5.52. The van der Waals surface area contributed by atoms with Crippen molar-refractivity contribution in [3.8, 4) is 6.07 Å². The minimum atomic E-state index is -0.447. The lowest BCUT2D eigenvalue weighted by Gasteiger charge is -2.08. The molecule has 0 unspecified atom stereocenters. The number of fused-ring (bicyclic) bond motifs is 1. The van der Waals surface area contributed by atoms with Crippen LogP contribution in [0.4, 0.5) is 0 Å². The summed E-state index contributed by atoms with van der Waals surface area (Å²) in [6.07, 6.45) is 2.26. The highest BCUT2D eigenvalue weighted by atomic mass is 35.5.